The summed E-state index contributed by atoms with van der Waals surface area (Å²) in [4.78, 5) is 28.4. The molecule has 0 fully saturated rings. The Morgan fingerprint density at radius 1 is 1.37 bits per heavy atom. The zero-order valence-corrected chi connectivity index (χ0v) is 16.8. The lowest BCUT2D eigenvalue weighted by Gasteiger charge is -2.35. The molecule has 0 spiro atoms. The number of ether oxygens (including phenoxy) is 1. The molecule has 27 heavy (non-hydrogen) atoms. The summed E-state index contributed by atoms with van der Waals surface area (Å²) in [7, 11) is 0. The zero-order chi connectivity index (χ0) is 19.6. The molecular formula is C19H24N4O3S. The van der Waals surface area contributed by atoms with Crippen LogP contribution in [-0.4, -0.2) is 40.2 Å². The molecule has 1 aliphatic heterocycles. The number of hydrogen-bond donors (Lipinski definition) is 2. The van der Waals surface area contributed by atoms with Gasteiger partial charge in [0, 0.05) is 28.4 Å². The van der Waals surface area contributed by atoms with Gasteiger partial charge in [0.15, 0.2) is 0 Å². The molecule has 144 valence electrons. The molecule has 0 aliphatic carbocycles. The third kappa shape index (κ3) is 3.75. The average molecular weight is 388 g/mol. The van der Waals surface area contributed by atoms with Crippen LogP contribution in [-0.2, 0) is 16.0 Å². The van der Waals surface area contributed by atoms with Crippen molar-refractivity contribution in [3.05, 3.63) is 50.6 Å². The van der Waals surface area contributed by atoms with E-state index < -0.39 is 12.0 Å². The van der Waals surface area contributed by atoms with Crippen LogP contribution < -0.4 is 5.32 Å². The highest BCUT2D eigenvalue weighted by molar-refractivity contribution is 7.09. The fourth-order valence-electron chi connectivity index (χ4n) is 3.40. The number of allylic oxidation sites excluding steroid dienone is 1. The second-order valence-electron chi connectivity index (χ2n) is 6.43. The first-order chi connectivity index (χ1) is 12.9. The van der Waals surface area contributed by atoms with Crippen LogP contribution in [0.2, 0.25) is 0 Å². The second-order valence-corrected chi connectivity index (χ2v) is 7.46. The Morgan fingerprint density at radius 3 is 2.74 bits per heavy atom. The minimum atomic E-state index is -0.576. The van der Waals surface area contributed by atoms with Crippen molar-refractivity contribution in [2.24, 2.45) is 0 Å². The number of amides is 2. The molecule has 2 aromatic rings. The van der Waals surface area contributed by atoms with Gasteiger partial charge in [-0.1, -0.05) is 6.07 Å². The van der Waals surface area contributed by atoms with Crippen molar-refractivity contribution in [3.8, 4) is 0 Å². The minimum absolute atomic E-state index is 0.220. The summed E-state index contributed by atoms with van der Waals surface area (Å²) >= 11 is 1.65. The number of aromatic nitrogens is 2. The van der Waals surface area contributed by atoms with Crippen LogP contribution in [0, 0.1) is 13.8 Å². The number of nitrogens with zero attached hydrogens (tertiary/aromatic N) is 2. The van der Waals surface area contributed by atoms with Crippen LogP contribution in [0.4, 0.5) is 4.79 Å². The summed E-state index contributed by atoms with van der Waals surface area (Å²) in [6.45, 7) is 8.07. The van der Waals surface area contributed by atoms with Gasteiger partial charge in [-0.25, -0.2) is 9.59 Å². The third-order valence-corrected chi connectivity index (χ3v) is 5.66. The van der Waals surface area contributed by atoms with Crippen molar-refractivity contribution < 1.29 is 14.3 Å². The molecule has 3 heterocycles. The predicted molar refractivity (Wildman–Crippen MR) is 103 cm³/mol. The summed E-state index contributed by atoms with van der Waals surface area (Å²) in [5.74, 6) is -0.416. The Morgan fingerprint density at radius 2 is 2.15 bits per heavy atom. The third-order valence-electron chi connectivity index (χ3n) is 4.73. The summed E-state index contributed by atoms with van der Waals surface area (Å²) in [6, 6.07) is 3.23. The number of rotatable bonds is 6. The predicted octanol–water partition coefficient (Wildman–Crippen LogP) is 3.23. The molecule has 0 unspecified atom stereocenters. The van der Waals surface area contributed by atoms with E-state index in [1.54, 1.807) is 30.1 Å². The van der Waals surface area contributed by atoms with Gasteiger partial charge in [-0.3, -0.25) is 10.00 Å². The molecule has 3 rings (SSSR count). The van der Waals surface area contributed by atoms with Crippen LogP contribution in [0.15, 0.2) is 28.8 Å². The van der Waals surface area contributed by atoms with E-state index in [1.807, 2.05) is 31.4 Å². The Bertz CT molecular complexity index is 850. The molecule has 1 atom stereocenters. The van der Waals surface area contributed by atoms with Crippen LogP contribution in [0.3, 0.4) is 0 Å². The Hall–Kier alpha value is -2.61. The molecule has 7 nitrogen and oxygen atoms in total. The molecule has 1 aliphatic rings. The summed E-state index contributed by atoms with van der Waals surface area (Å²) in [6.07, 6.45) is 0.729. The van der Waals surface area contributed by atoms with Gasteiger partial charge in [0.25, 0.3) is 0 Å². The van der Waals surface area contributed by atoms with E-state index in [2.05, 4.69) is 15.5 Å². The number of carbonyl (C=O) groups is 2. The number of aromatic amines is 1. The molecule has 0 saturated heterocycles. The molecule has 8 heteroatoms. The first-order valence-electron chi connectivity index (χ1n) is 8.93. The second kappa shape index (κ2) is 7.96. The number of thiophene rings is 1. The number of carbonyl (C=O) groups excluding carboxylic acids is 2. The first kappa shape index (κ1) is 19.2. The van der Waals surface area contributed by atoms with E-state index in [-0.39, 0.29) is 12.6 Å². The number of nitrogens with one attached hydrogen (secondary N) is 2. The molecule has 0 radical (unpaired) electrons. The molecule has 0 aromatic carbocycles. The maximum Gasteiger partial charge on any atom is 0.338 e. The summed E-state index contributed by atoms with van der Waals surface area (Å²) in [5.41, 5.74) is 3.46. The van der Waals surface area contributed by atoms with Crippen LogP contribution in [0.5, 0.6) is 0 Å². The van der Waals surface area contributed by atoms with Gasteiger partial charge >= 0.3 is 12.0 Å². The standard InChI is InChI=1S/C19H24N4O3S/c1-5-26-18(24)16-13(4)23(9-8-14-7-6-10-27-14)19(25)20-17(16)15-11(2)21-22-12(15)3/h6-7,10,17H,5,8-9H2,1-4H3,(H,20,25)(H,21,22)/t17-/m0/s1. The van der Waals surface area contributed by atoms with Gasteiger partial charge in [-0.2, -0.15) is 5.10 Å². The molecule has 2 aromatic heterocycles. The maximum atomic E-state index is 12.8. The quantitative estimate of drug-likeness (QED) is 0.744. The highest BCUT2D eigenvalue weighted by Gasteiger charge is 2.38. The topological polar surface area (TPSA) is 87.3 Å². The lowest BCUT2D eigenvalue weighted by Crippen LogP contribution is -2.48. The van der Waals surface area contributed by atoms with E-state index in [4.69, 9.17) is 4.74 Å². The van der Waals surface area contributed by atoms with E-state index >= 15 is 0 Å². The average Bonchev–Trinajstić information content (AvgIpc) is 3.24. The highest BCUT2D eigenvalue weighted by Crippen LogP contribution is 2.34. The van der Waals surface area contributed by atoms with Crippen molar-refractivity contribution in [1.29, 1.82) is 0 Å². The lowest BCUT2D eigenvalue weighted by atomic mass is 9.93. The van der Waals surface area contributed by atoms with Gasteiger partial charge in [-0.15, -0.1) is 11.3 Å². The number of aryl methyl sites for hydroxylation is 2. The number of H-pyrrole nitrogens is 1. The number of esters is 1. The van der Waals surface area contributed by atoms with Crippen molar-refractivity contribution >= 4 is 23.3 Å². The van der Waals surface area contributed by atoms with Crippen LogP contribution in [0.1, 0.15) is 41.7 Å². The van der Waals surface area contributed by atoms with Crippen LogP contribution >= 0.6 is 11.3 Å². The highest BCUT2D eigenvalue weighted by atomic mass is 32.1. The van der Waals surface area contributed by atoms with E-state index in [0.717, 1.165) is 23.4 Å². The fraction of sp³-hybridized carbons (Fsp3) is 0.421. The van der Waals surface area contributed by atoms with Gasteiger partial charge < -0.3 is 10.1 Å². The molecule has 0 bridgehead atoms. The Balaban J connectivity index is 1.98. The zero-order valence-electron chi connectivity index (χ0n) is 16.0. The first-order valence-corrected chi connectivity index (χ1v) is 9.81. The smallest absolute Gasteiger partial charge is 0.338 e. The van der Waals surface area contributed by atoms with Crippen molar-refractivity contribution in [2.75, 3.05) is 13.2 Å². The molecule has 0 saturated carbocycles. The van der Waals surface area contributed by atoms with E-state index in [1.165, 1.54) is 4.88 Å². The SMILES string of the molecule is CCOC(=O)C1=C(C)N(CCc2cccs2)C(=O)N[C@H]1c1c(C)n[nH]c1C. The van der Waals surface area contributed by atoms with Gasteiger partial charge in [0.2, 0.25) is 0 Å². The largest absolute Gasteiger partial charge is 0.463 e. The van der Waals surface area contributed by atoms with Gasteiger partial charge in [0.1, 0.15) is 0 Å². The Kier molecular flexibility index (Phi) is 5.65. The maximum absolute atomic E-state index is 12.8. The minimum Gasteiger partial charge on any atom is -0.463 e. The monoisotopic (exact) mass is 388 g/mol. The lowest BCUT2D eigenvalue weighted by molar-refractivity contribution is -0.139. The normalized spacial score (nSPS) is 17.3. The summed E-state index contributed by atoms with van der Waals surface area (Å²) in [5, 5.41) is 12.1. The molecule has 2 amide bonds. The van der Waals surface area contributed by atoms with Crippen LogP contribution in [0.25, 0.3) is 0 Å². The Labute approximate surface area is 162 Å². The van der Waals surface area contributed by atoms with Gasteiger partial charge in [0.05, 0.1) is 23.9 Å². The number of hydrogen-bond acceptors (Lipinski definition) is 5. The fourth-order valence-corrected chi connectivity index (χ4v) is 4.10. The molecular weight excluding hydrogens is 364 g/mol. The number of urea groups is 1. The van der Waals surface area contributed by atoms with E-state index in [9.17, 15) is 9.59 Å². The van der Waals surface area contributed by atoms with E-state index in [0.29, 0.717) is 17.8 Å². The van der Waals surface area contributed by atoms with Crippen molar-refractivity contribution in [3.63, 3.8) is 0 Å². The van der Waals surface area contributed by atoms with Crippen molar-refractivity contribution in [1.82, 2.24) is 20.4 Å². The van der Waals surface area contributed by atoms with Crippen molar-refractivity contribution in [2.45, 2.75) is 40.2 Å². The molecule has 2 N–H and O–H groups in total. The van der Waals surface area contributed by atoms with Gasteiger partial charge in [-0.05, 0) is 45.6 Å². The summed E-state index contributed by atoms with van der Waals surface area (Å²) < 4.78 is 5.29.